The van der Waals surface area contributed by atoms with E-state index in [4.69, 9.17) is 11.6 Å². The van der Waals surface area contributed by atoms with Crippen molar-refractivity contribution in [3.8, 4) is 0 Å². The minimum Gasteiger partial charge on any atom is -0.311 e. The maximum Gasteiger partial charge on any atom is 0.264 e. The Morgan fingerprint density at radius 1 is 0.257 bits per heavy atom. The Hall–Kier alpha value is -11.8. The number of thiophene rings is 2. The summed E-state index contributed by atoms with van der Waals surface area (Å²) in [5, 5.41) is 5.51. The number of hydrogen-bond acceptors (Lipinski definition) is 8. The zero-order chi connectivity index (χ0) is 104. The van der Waals surface area contributed by atoms with E-state index in [-0.39, 0.29) is 60.9 Å². The third kappa shape index (κ3) is 20.4. The maximum absolute atomic E-state index is 8.15. The zero-order valence-electron chi connectivity index (χ0n) is 93.0. The quantitative estimate of drug-likeness (QED) is 0.100. The number of benzene rings is 14. The van der Waals surface area contributed by atoms with Crippen molar-refractivity contribution < 1.29 is 0 Å². The van der Waals surface area contributed by atoms with Crippen LogP contribution < -0.4 is 45.1 Å². The molecule has 10 heteroatoms. The summed E-state index contributed by atoms with van der Waals surface area (Å²) in [6.45, 7) is 82.6. The molecule has 0 N–H and O–H groups in total. The summed E-state index contributed by atoms with van der Waals surface area (Å²) in [6, 6.07) is 105. The van der Waals surface area contributed by atoms with Gasteiger partial charge in [0.2, 0.25) is 0 Å². The molecule has 0 aliphatic carbocycles. The molecule has 2 aliphatic rings. The molecule has 0 unspecified atom stereocenters. The smallest absolute Gasteiger partial charge is 0.264 e. The molecule has 14 aromatic carbocycles. The Bertz CT molecular complexity index is 7480. The van der Waals surface area contributed by atoms with Gasteiger partial charge in [-0.1, -0.05) is 341 Å². The second-order valence-electron chi connectivity index (χ2n) is 51.6. The third-order valence-electron chi connectivity index (χ3n) is 29.7. The van der Waals surface area contributed by atoms with E-state index < -0.39 is 0 Å². The van der Waals surface area contributed by atoms with Crippen molar-refractivity contribution >= 4 is 179 Å². The van der Waals surface area contributed by atoms with Gasteiger partial charge in [0.1, 0.15) is 0 Å². The van der Waals surface area contributed by atoms with Gasteiger partial charge in [0.05, 0.1) is 39.1 Å². The van der Waals surface area contributed by atoms with Gasteiger partial charge in [0, 0.05) is 98.6 Å². The summed E-state index contributed by atoms with van der Waals surface area (Å²) in [5.41, 5.74) is 43.6. The van der Waals surface area contributed by atoms with Crippen molar-refractivity contribution in [2.24, 2.45) is 0 Å². The molecular formula is C134H154BClN6S2. The highest BCUT2D eigenvalue weighted by Crippen LogP contribution is 2.56. The third-order valence-corrected chi connectivity index (χ3v) is 32.3. The van der Waals surface area contributed by atoms with Crippen LogP contribution in [0.5, 0.6) is 0 Å². The fourth-order valence-electron chi connectivity index (χ4n) is 21.0. The maximum atomic E-state index is 8.15. The highest BCUT2D eigenvalue weighted by Gasteiger charge is 2.47. The molecule has 0 amide bonds. The van der Waals surface area contributed by atoms with E-state index in [0.29, 0.717) is 5.02 Å². The number of halogens is 1. The summed E-state index contributed by atoms with van der Waals surface area (Å²) < 4.78 is 3.96. The van der Waals surface area contributed by atoms with Crippen LogP contribution in [0.25, 0.3) is 20.2 Å². The lowest BCUT2D eigenvalue weighted by Crippen LogP contribution is -2.60. The SMILES string of the molecule is Cc1cc(N(c2ccc(C(C)(C)C)cc2)c2cccc(N(c3ccc(C(C)(C)C)cc3)c3c(C)cc(C(C)(C)C)cc3C)c2)c(Cl)c(N(c2ccc(C(C)(C)C)cc2)c2csc3ccc(C(C)(C)C)cc23)c1.Cc1cc2c3c(c1)N(c1ccc(C(C)(C)C)cc1)c1c(sc4ccc(C(C)(C)C)cc14)B3c1ccc(N(c3ccc(C(C)(C)C)cc3)c3c(C)cc(C(C)(C)C)cc3C)cc1N2c1ccc(C(C)(C)C)cc1. The van der Waals surface area contributed by atoms with Gasteiger partial charge in [-0.25, -0.2) is 0 Å². The van der Waals surface area contributed by atoms with Crippen LogP contribution in [-0.4, -0.2) is 6.71 Å². The van der Waals surface area contributed by atoms with Gasteiger partial charge in [-0.2, -0.15) is 0 Å². The van der Waals surface area contributed by atoms with Crippen LogP contribution >= 0.6 is 34.3 Å². The van der Waals surface area contributed by atoms with Gasteiger partial charge in [-0.3, -0.25) is 0 Å². The van der Waals surface area contributed by atoms with Crippen molar-refractivity contribution in [2.75, 3.05) is 29.4 Å². The lowest BCUT2D eigenvalue weighted by Gasteiger charge is -2.44. The van der Waals surface area contributed by atoms with E-state index in [2.05, 4.69) is 557 Å². The van der Waals surface area contributed by atoms with Crippen LogP contribution in [0.3, 0.4) is 0 Å². The Morgan fingerprint density at radius 2 is 0.569 bits per heavy atom. The topological polar surface area (TPSA) is 19.4 Å². The molecule has 2 aliphatic heterocycles. The largest absolute Gasteiger partial charge is 0.311 e. The van der Waals surface area contributed by atoms with Gasteiger partial charge in [-0.05, 0) is 347 Å². The van der Waals surface area contributed by atoms with Gasteiger partial charge in [0.25, 0.3) is 6.71 Å². The molecular weight excluding hydrogens is 1800 g/mol. The first-order valence-electron chi connectivity index (χ1n) is 52.0. The predicted molar refractivity (Wildman–Crippen MR) is 637 cm³/mol. The van der Waals surface area contributed by atoms with Crippen LogP contribution in [-0.2, 0) is 54.1 Å². The Morgan fingerprint density at radius 3 is 0.965 bits per heavy atom. The highest BCUT2D eigenvalue weighted by molar-refractivity contribution is 7.33. The number of fused-ring (bicyclic) bond motifs is 7. The van der Waals surface area contributed by atoms with Crippen LogP contribution in [0.2, 0.25) is 5.02 Å². The van der Waals surface area contributed by atoms with Crippen molar-refractivity contribution in [3.63, 3.8) is 0 Å². The van der Waals surface area contributed by atoms with E-state index in [1.807, 2.05) is 11.3 Å². The summed E-state index contributed by atoms with van der Waals surface area (Å²) in [6.07, 6.45) is 0. The first kappa shape index (κ1) is 104. The Labute approximate surface area is 877 Å². The molecule has 144 heavy (non-hydrogen) atoms. The standard InChI is InChI=1S/C67H76BN3S.C67H78ClN3S/c1-41-35-56-59-57(36-41)71(51-30-23-46(24-31-51)65(10,11)12)61-53-39-47(66(13,14)15)25-34-58(53)72-62(61)68(59)54-33-32-52(40-55(54)70(56)50-28-21-45(22-29-50)64(7,8)9)69(49-26-19-44(20-27-49)63(4,5)6)60-42(2)37-48(38-43(60)3)67(16,17)18;1-43-36-57(61(68)58(37-43)71(53-33-26-48(27-34-53)65(10,11)12)59-42-72-60-35-28-49(40-56(59)60)66(13,14)15)69(51-29-22-46(23-30-51)63(4,5)6)54-20-19-21-55(41-54)70(52-31-24-47(25-32-52)64(7,8)9)62-44(2)38-50(39-45(62)3)67(16,17)18/h19-40H,1-18H3;19-42H,1-18H3. The number of hydrogen-bond donors (Lipinski definition) is 0. The molecule has 742 valence electrons. The van der Waals surface area contributed by atoms with Crippen molar-refractivity contribution in [1.82, 2.24) is 0 Å². The lowest BCUT2D eigenvalue weighted by atomic mass is 9.36. The molecule has 0 saturated heterocycles. The molecule has 16 aromatic rings. The molecule has 0 spiro atoms. The minimum atomic E-state index is -0.0168. The van der Waals surface area contributed by atoms with Gasteiger partial charge >= 0.3 is 0 Å². The molecule has 0 bridgehead atoms. The van der Waals surface area contributed by atoms with Crippen molar-refractivity contribution in [2.45, 2.75) is 303 Å². The van der Waals surface area contributed by atoms with E-state index in [0.717, 1.165) is 68.1 Å². The predicted octanol–water partition coefficient (Wildman–Crippen LogP) is 39.2. The van der Waals surface area contributed by atoms with Gasteiger partial charge in [-0.15, -0.1) is 22.7 Å². The average Bonchev–Trinajstić information content (AvgIpc) is 1.02. The molecule has 0 radical (unpaired) electrons. The van der Waals surface area contributed by atoms with Crippen LogP contribution in [0.15, 0.2) is 278 Å². The summed E-state index contributed by atoms with van der Waals surface area (Å²) >= 11 is 11.9. The molecule has 18 rings (SSSR count). The first-order valence-corrected chi connectivity index (χ1v) is 54.1. The molecule has 2 aromatic heterocycles. The molecule has 0 atom stereocenters. The number of nitrogens with zero attached hydrogens (tertiary/aromatic N) is 6. The monoisotopic (exact) mass is 1960 g/mol. The molecule has 0 fully saturated rings. The van der Waals surface area contributed by atoms with Gasteiger partial charge < -0.3 is 29.4 Å². The van der Waals surface area contributed by atoms with Crippen LogP contribution in [0, 0.1) is 41.5 Å². The summed E-state index contributed by atoms with van der Waals surface area (Å²) in [4.78, 5) is 14.9. The number of rotatable bonds is 14. The molecule has 6 nitrogen and oxygen atoms in total. The number of anilines is 18. The van der Waals surface area contributed by atoms with Crippen molar-refractivity contribution in [3.05, 3.63) is 372 Å². The minimum absolute atomic E-state index is 0.00186. The second-order valence-corrected chi connectivity index (χ2v) is 54.0. The second kappa shape index (κ2) is 37.6. The van der Waals surface area contributed by atoms with E-state index in [9.17, 15) is 0 Å². The summed E-state index contributed by atoms with van der Waals surface area (Å²) in [5.74, 6) is 0. The number of aryl methyl sites for hydroxylation is 6. The van der Waals surface area contributed by atoms with E-state index >= 15 is 0 Å². The first-order chi connectivity index (χ1) is 67.1. The summed E-state index contributed by atoms with van der Waals surface area (Å²) in [7, 11) is 0. The highest BCUT2D eigenvalue weighted by atomic mass is 35.5. The van der Waals surface area contributed by atoms with Crippen LogP contribution in [0.1, 0.15) is 297 Å². The van der Waals surface area contributed by atoms with Crippen molar-refractivity contribution in [1.29, 1.82) is 0 Å². The Kier molecular flexibility index (Phi) is 27.0. The zero-order valence-corrected chi connectivity index (χ0v) is 95.4. The Balaban J connectivity index is 0.000000198. The lowest BCUT2D eigenvalue weighted by molar-refractivity contribution is 0.589. The fourth-order valence-corrected chi connectivity index (χ4v) is 23.5. The van der Waals surface area contributed by atoms with E-state index in [1.165, 1.54) is 159 Å². The molecule has 4 heterocycles. The van der Waals surface area contributed by atoms with Crippen LogP contribution in [0.4, 0.5) is 102 Å². The fraction of sp³-hybridized carbons (Fsp3) is 0.343. The van der Waals surface area contributed by atoms with Gasteiger partial charge in [0.15, 0.2) is 0 Å². The average molecular weight is 1960 g/mol. The molecule has 0 saturated carbocycles. The normalized spacial score (nSPS) is 13.3. The van der Waals surface area contributed by atoms with E-state index in [1.54, 1.807) is 11.3 Å².